The Bertz CT molecular complexity index is 1080. The zero-order valence-corrected chi connectivity index (χ0v) is 15.1. The van der Waals surface area contributed by atoms with Gasteiger partial charge in [0.15, 0.2) is 11.7 Å². The third-order valence-corrected chi connectivity index (χ3v) is 4.78. The fraction of sp³-hybridized carbons (Fsp3) is 0.105. The number of anilines is 2. The van der Waals surface area contributed by atoms with Gasteiger partial charge >= 0.3 is 0 Å². The first kappa shape index (κ1) is 18.1. The molecule has 2 amide bonds. The summed E-state index contributed by atoms with van der Waals surface area (Å²) in [6.07, 6.45) is -0.233. The Hall–Kier alpha value is -3.33. The summed E-state index contributed by atoms with van der Waals surface area (Å²) in [6, 6.07) is 8.35. The summed E-state index contributed by atoms with van der Waals surface area (Å²) in [5.41, 5.74) is 2.00. The molecule has 0 unspecified atom stereocenters. The van der Waals surface area contributed by atoms with E-state index in [0.717, 1.165) is 17.7 Å². The summed E-state index contributed by atoms with van der Waals surface area (Å²) in [5.74, 6) is -1.58. The van der Waals surface area contributed by atoms with Crippen LogP contribution in [0.1, 0.15) is 5.56 Å². The summed E-state index contributed by atoms with van der Waals surface area (Å²) in [6.45, 7) is -0.0200. The molecule has 3 aromatic rings. The molecular formula is C19H13F2N3O3S. The van der Waals surface area contributed by atoms with Gasteiger partial charge < -0.3 is 15.4 Å². The molecule has 0 spiro atoms. The molecule has 0 aliphatic carbocycles. The van der Waals surface area contributed by atoms with Gasteiger partial charge in [-0.1, -0.05) is 6.07 Å². The van der Waals surface area contributed by atoms with Crippen LogP contribution in [0.4, 0.5) is 19.6 Å². The maximum absolute atomic E-state index is 13.7. The van der Waals surface area contributed by atoms with Crippen LogP contribution in [0.2, 0.25) is 0 Å². The Morgan fingerprint density at radius 1 is 1.25 bits per heavy atom. The number of aromatic nitrogens is 1. The number of rotatable bonds is 4. The van der Waals surface area contributed by atoms with Gasteiger partial charge in [-0.05, 0) is 29.8 Å². The van der Waals surface area contributed by atoms with Crippen LogP contribution < -0.4 is 15.4 Å². The van der Waals surface area contributed by atoms with E-state index in [4.69, 9.17) is 4.74 Å². The Balaban J connectivity index is 1.46. The highest BCUT2D eigenvalue weighted by molar-refractivity contribution is 7.14. The second-order valence-corrected chi connectivity index (χ2v) is 6.90. The number of carbonyl (C=O) groups is 2. The molecule has 0 atom stereocenters. The summed E-state index contributed by atoms with van der Waals surface area (Å²) >= 11 is 1.21. The van der Waals surface area contributed by atoms with Crippen molar-refractivity contribution in [2.24, 2.45) is 0 Å². The van der Waals surface area contributed by atoms with E-state index < -0.39 is 17.5 Å². The van der Waals surface area contributed by atoms with Gasteiger partial charge in [-0.25, -0.2) is 13.8 Å². The maximum atomic E-state index is 13.7. The lowest BCUT2D eigenvalue weighted by atomic mass is 10.1. The van der Waals surface area contributed by atoms with E-state index in [1.807, 2.05) is 0 Å². The molecule has 0 radical (unpaired) electrons. The van der Waals surface area contributed by atoms with Gasteiger partial charge in [0.25, 0.3) is 5.91 Å². The van der Waals surface area contributed by atoms with Gasteiger partial charge in [0.1, 0.15) is 17.4 Å². The number of nitrogens with one attached hydrogen (secondary N) is 2. The summed E-state index contributed by atoms with van der Waals surface area (Å²) in [7, 11) is 0. The van der Waals surface area contributed by atoms with Crippen molar-refractivity contribution in [3.8, 4) is 17.0 Å². The van der Waals surface area contributed by atoms with Gasteiger partial charge in [0, 0.05) is 17.0 Å². The molecule has 142 valence electrons. The third-order valence-electron chi connectivity index (χ3n) is 4.02. The lowest BCUT2D eigenvalue weighted by Gasteiger charge is -2.18. The van der Waals surface area contributed by atoms with Crippen molar-refractivity contribution in [3.05, 3.63) is 59.0 Å². The second-order valence-electron chi connectivity index (χ2n) is 6.05. The minimum atomic E-state index is -0.770. The number of benzene rings is 2. The number of hydrogen-bond donors (Lipinski definition) is 2. The molecule has 1 aromatic heterocycles. The predicted octanol–water partition coefficient (Wildman–Crippen LogP) is 3.60. The number of amides is 2. The fourth-order valence-corrected chi connectivity index (χ4v) is 3.44. The van der Waals surface area contributed by atoms with Gasteiger partial charge in [-0.3, -0.25) is 9.59 Å². The molecule has 9 heteroatoms. The van der Waals surface area contributed by atoms with E-state index in [1.165, 1.54) is 17.4 Å². The maximum Gasteiger partial charge on any atom is 0.262 e. The number of carbonyl (C=O) groups excluding carboxylic acids is 2. The highest BCUT2D eigenvalue weighted by Crippen LogP contribution is 2.33. The van der Waals surface area contributed by atoms with E-state index in [1.54, 1.807) is 23.6 Å². The van der Waals surface area contributed by atoms with Crippen LogP contribution in [-0.4, -0.2) is 23.4 Å². The minimum absolute atomic E-state index is 0.0200. The minimum Gasteiger partial charge on any atom is -0.482 e. The Morgan fingerprint density at radius 2 is 2.11 bits per heavy atom. The average Bonchev–Trinajstić information content (AvgIpc) is 3.12. The molecule has 0 bridgehead atoms. The SMILES string of the molecule is O=C(Cc1ccc(F)cc1F)Nc1nc(-c2ccc3c(c2)NC(=O)CO3)cs1. The van der Waals surface area contributed by atoms with Gasteiger partial charge in [-0.2, -0.15) is 0 Å². The van der Waals surface area contributed by atoms with Crippen LogP contribution in [0.5, 0.6) is 5.75 Å². The van der Waals surface area contributed by atoms with Crippen molar-refractivity contribution in [2.45, 2.75) is 6.42 Å². The summed E-state index contributed by atoms with van der Waals surface area (Å²) in [5, 5.41) is 7.43. The first-order valence-corrected chi connectivity index (χ1v) is 9.12. The van der Waals surface area contributed by atoms with Crippen molar-refractivity contribution in [1.82, 2.24) is 4.98 Å². The second kappa shape index (κ2) is 7.35. The Kier molecular flexibility index (Phi) is 4.74. The molecule has 2 N–H and O–H groups in total. The Morgan fingerprint density at radius 3 is 2.93 bits per heavy atom. The molecule has 0 fully saturated rings. The monoisotopic (exact) mass is 401 g/mol. The molecule has 0 saturated carbocycles. The van der Waals surface area contributed by atoms with Crippen LogP contribution >= 0.6 is 11.3 Å². The smallest absolute Gasteiger partial charge is 0.262 e. The Labute approximate surface area is 162 Å². The highest BCUT2D eigenvalue weighted by Gasteiger charge is 2.17. The van der Waals surface area contributed by atoms with Crippen molar-refractivity contribution in [2.75, 3.05) is 17.2 Å². The van der Waals surface area contributed by atoms with Gasteiger partial charge in [0.2, 0.25) is 5.91 Å². The number of halogens is 2. The van der Waals surface area contributed by atoms with Crippen LogP contribution in [0.25, 0.3) is 11.3 Å². The van der Waals surface area contributed by atoms with E-state index in [0.29, 0.717) is 22.3 Å². The normalized spacial score (nSPS) is 12.7. The number of thiazole rings is 1. The molecule has 6 nitrogen and oxygen atoms in total. The topological polar surface area (TPSA) is 80.3 Å². The standard InChI is InChI=1S/C19H13F2N3O3S/c20-12-3-1-10(13(21)7-12)6-17(25)24-19-23-15(9-28-19)11-2-4-16-14(5-11)22-18(26)8-27-16/h1-5,7,9H,6,8H2,(H,22,26)(H,23,24,25). The van der Waals surface area contributed by atoms with Gasteiger partial charge in [0.05, 0.1) is 17.8 Å². The van der Waals surface area contributed by atoms with E-state index in [-0.39, 0.29) is 24.5 Å². The molecule has 0 saturated heterocycles. The van der Waals surface area contributed by atoms with Crippen LogP contribution in [0.3, 0.4) is 0 Å². The van der Waals surface area contributed by atoms with Crippen molar-refractivity contribution in [3.63, 3.8) is 0 Å². The number of hydrogen-bond acceptors (Lipinski definition) is 5. The lowest BCUT2D eigenvalue weighted by Crippen LogP contribution is -2.25. The largest absolute Gasteiger partial charge is 0.482 e. The molecular weight excluding hydrogens is 388 g/mol. The first-order chi connectivity index (χ1) is 13.5. The van der Waals surface area contributed by atoms with Crippen LogP contribution in [0.15, 0.2) is 41.8 Å². The summed E-state index contributed by atoms with van der Waals surface area (Å²) < 4.78 is 31.9. The quantitative estimate of drug-likeness (QED) is 0.700. The highest BCUT2D eigenvalue weighted by atomic mass is 32.1. The van der Waals surface area contributed by atoms with E-state index in [2.05, 4.69) is 15.6 Å². The van der Waals surface area contributed by atoms with E-state index in [9.17, 15) is 18.4 Å². The predicted molar refractivity (Wildman–Crippen MR) is 100 cm³/mol. The first-order valence-electron chi connectivity index (χ1n) is 8.24. The van der Waals surface area contributed by atoms with Crippen molar-refractivity contribution in [1.29, 1.82) is 0 Å². The van der Waals surface area contributed by atoms with Gasteiger partial charge in [-0.15, -0.1) is 11.3 Å². The average molecular weight is 401 g/mol. The molecule has 2 aromatic carbocycles. The molecule has 28 heavy (non-hydrogen) atoms. The fourth-order valence-electron chi connectivity index (χ4n) is 2.71. The molecule has 1 aliphatic heterocycles. The zero-order valence-electron chi connectivity index (χ0n) is 14.3. The van der Waals surface area contributed by atoms with Crippen molar-refractivity contribution >= 4 is 34.0 Å². The molecule has 2 heterocycles. The van der Waals surface area contributed by atoms with Crippen LogP contribution in [0, 0.1) is 11.6 Å². The summed E-state index contributed by atoms with van der Waals surface area (Å²) in [4.78, 5) is 27.9. The third kappa shape index (κ3) is 3.84. The van der Waals surface area contributed by atoms with E-state index >= 15 is 0 Å². The number of ether oxygens (including phenoxy) is 1. The lowest BCUT2D eigenvalue weighted by molar-refractivity contribution is -0.118. The zero-order chi connectivity index (χ0) is 19.7. The molecule has 1 aliphatic rings. The van der Waals surface area contributed by atoms with Crippen molar-refractivity contribution < 1.29 is 23.1 Å². The number of nitrogens with zero attached hydrogens (tertiary/aromatic N) is 1. The van der Waals surface area contributed by atoms with Crippen LogP contribution in [-0.2, 0) is 16.0 Å². The number of fused-ring (bicyclic) bond motifs is 1. The molecule has 4 rings (SSSR count).